The summed E-state index contributed by atoms with van der Waals surface area (Å²) in [6.45, 7) is 2.11. The standard InChI is InChI=1S/C14H16ClFN2S/c1-2-10-6-7-13(19-10)12(18-17)8-9-4-3-5-11(15)14(9)16/h3-7,12,18H,2,8,17H2,1H3. The Kier molecular flexibility index (Phi) is 4.93. The minimum atomic E-state index is -0.364. The van der Waals surface area contributed by atoms with Crippen molar-refractivity contribution < 1.29 is 4.39 Å². The second kappa shape index (κ2) is 6.48. The second-order valence-corrected chi connectivity index (χ2v) is 5.90. The molecule has 0 saturated heterocycles. The van der Waals surface area contributed by atoms with E-state index in [0.717, 1.165) is 11.3 Å². The average Bonchev–Trinajstić information content (AvgIpc) is 2.89. The Morgan fingerprint density at radius 3 is 2.79 bits per heavy atom. The van der Waals surface area contributed by atoms with Crippen LogP contribution in [0.2, 0.25) is 5.02 Å². The fourth-order valence-corrected chi connectivity index (χ4v) is 3.15. The largest absolute Gasteiger partial charge is 0.271 e. The molecule has 0 aliphatic heterocycles. The molecule has 0 radical (unpaired) electrons. The number of halogens is 2. The minimum absolute atomic E-state index is 0.0988. The summed E-state index contributed by atoms with van der Waals surface area (Å²) in [6.07, 6.45) is 1.47. The molecule has 0 spiro atoms. The highest BCUT2D eigenvalue weighted by Gasteiger charge is 2.16. The van der Waals surface area contributed by atoms with Crippen molar-refractivity contribution in [3.63, 3.8) is 0 Å². The van der Waals surface area contributed by atoms with E-state index in [1.165, 1.54) is 4.88 Å². The Labute approximate surface area is 121 Å². The Hall–Kier alpha value is -0.940. The third kappa shape index (κ3) is 3.34. The number of aryl methyl sites for hydroxylation is 1. The number of rotatable bonds is 5. The average molecular weight is 299 g/mol. The summed E-state index contributed by atoms with van der Waals surface area (Å²) in [5.41, 5.74) is 3.32. The molecule has 0 bridgehead atoms. The van der Waals surface area contributed by atoms with Gasteiger partial charge in [-0.3, -0.25) is 11.3 Å². The van der Waals surface area contributed by atoms with Gasteiger partial charge in [0, 0.05) is 9.75 Å². The van der Waals surface area contributed by atoms with Gasteiger partial charge < -0.3 is 0 Å². The zero-order valence-electron chi connectivity index (χ0n) is 10.6. The van der Waals surface area contributed by atoms with Crippen molar-refractivity contribution in [3.8, 4) is 0 Å². The summed E-state index contributed by atoms with van der Waals surface area (Å²) in [6, 6.07) is 9.05. The highest BCUT2D eigenvalue weighted by molar-refractivity contribution is 7.12. The molecule has 102 valence electrons. The molecule has 0 saturated carbocycles. The fraction of sp³-hybridized carbons (Fsp3) is 0.286. The Balaban J connectivity index is 2.21. The lowest BCUT2D eigenvalue weighted by Crippen LogP contribution is -2.29. The van der Waals surface area contributed by atoms with Crippen LogP contribution < -0.4 is 11.3 Å². The maximum absolute atomic E-state index is 13.9. The van der Waals surface area contributed by atoms with Crippen LogP contribution in [0.25, 0.3) is 0 Å². The van der Waals surface area contributed by atoms with Gasteiger partial charge in [-0.1, -0.05) is 30.7 Å². The number of nitrogens with two attached hydrogens (primary N) is 1. The van der Waals surface area contributed by atoms with E-state index in [-0.39, 0.29) is 16.9 Å². The van der Waals surface area contributed by atoms with Crippen molar-refractivity contribution in [2.45, 2.75) is 25.8 Å². The van der Waals surface area contributed by atoms with Gasteiger partial charge in [0.05, 0.1) is 11.1 Å². The number of benzene rings is 1. The first kappa shape index (κ1) is 14.5. The molecule has 0 aliphatic rings. The van der Waals surface area contributed by atoms with E-state index in [0.29, 0.717) is 12.0 Å². The molecule has 2 aromatic rings. The Morgan fingerprint density at radius 1 is 1.37 bits per heavy atom. The summed E-state index contributed by atoms with van der Waals surface area (Å²) in [7, 11) is 0. The highest BCUT2D eigenvalue weighted by atomic mass is 35.5. The van der Waals surface area contributed by atoms with Crippen molar-refractivity contribution in [1.82, 2.24) is 5.43 Å². The molecule has 0 fully saturated rings. The van der Waals surface area contributed by atoms with E-state index >= 15 is 0 Å². The molecule has 5 heteroatoms. The van der Waals surface area contributed by atoms with Crippen molar-refractivity contribution in [3.05, 3.63) is 56.5 Å². The van der Waals surface area contributed by atoms with Crippen LogP contribution in [0.15, 0.2) is 30.3 Å². The molecular formula is C14H16ClFN2S. The first-order chi connectivity index (χ1) is 9.15. The molecule has 1 atom stereocenters. The van der Waals surface area contributed by atoms with Gasteiger partial charge in [-0.05, 0) is 36.6 Å². The smallest absolute Gasteiger partial charge is 0.145 e. The van der Waals surface area contributed by atoms with Crippen molar-refractivity contribution in [1.29, 1.82) is 0 Å². The number of hydrogen-bond acceptors (Lipinski definition) is 3. The van der Waals surface area contributed by atoms with Gasteiger partial charge in [0.1, 0.15) is 5.82 Å². The maximum Gasteiger partial charge on any atom is 0.145 e. The molecule has 19 heavy (non-hydrogen) atoms. The molecule has 1 heterocycles. The zero-order valence-corrected chi connectivity index (χ0v) is 12.2. The first-order valence-corrected chi connectivity index (χ1v) is 7.32. The Morgan fingerprint density at radius 2 is 2.16 bits per heavy atom. The highest BCUT2D eigenvalue weighted by Crippen LogP contribution is 2.28. The van der Waals surface area contributed by atoms with Crippen molar-refractivity contribution in [2.24, 2.45) is 5.84 Å². The van der Waals surface area contributed by atoms with Crippen LogP contribution in [0.4, 0.5) is 4.39 Å². The third-order valence-electron chi connectivity index (χ3n) is 3.03. The molecule has 2 nitrogen and oxygen atoms in total. The molecule has 2 rings (SSSR count). The van der Waals surface area contributed by atoms with Gasteiger partial charge in [-0.25, -0.2) is 4.39 Å². The van der Waals surface area contributed by atoms with Crippen molar-refractivity contribution in [2.75, 3.05) is 0 Å². The number of thiophene rings is 1. The van der Waals surface area contributed by atoms with Crippen LogP contribution in [-0.2, 0) is 12.8 Å². The van der Waals surface area contributed by atoms with Gasteiger partial charge in [-0.15, -0.1) is 11.3 Å². The number of hydrazine groups is 1. The Bertz CT molecular complexity index is 556. The summed E-state index contributed by atoms with van der Waals surface area (Å²) < 4.78 is 13.9. The van der Waals surface area contributed by atoms with Crippen LogP contribution in [0, 0.1) is 5.82 Å². The monoisotopic (exact) mass is 298 g/mol. The van der Waals surface area contributed by atoms with Gasteiger partial charge in [0.2, 0.25) is 0 Å². The summed E-state index contributed by atoms with van der Waals surface area (Å²) in [5.74, 6) is 5.23. The van der Waals surface area contributed by atoms with E-state index in [4.69, 9.17) is 17.4 Å². The second-order valence-electron chi connectivity index (χ2n) is 4.29. The lowest BCUT2D eigenvalue weighted by atomic mass is 10.0. The minimum Gasteiger partial charge on any atom is -0.271 e. The predicted molar refractivity (Wildman–Crippen MR) is 78.9 cm³/mol. The van der Waals surface area contributed by atoms with Crippen LogP contribution in [0.3, 0.4) is 0 Å². The predicted octanol–water partition coefficient (Wildman–Crippen LogP) is 3.85. The lowest BCUT2D eigenvalue weighted by molar-refractivity contribution is 0.535. The number of hydrogen-bond donors (Lipinski definition) is 2. The maximum atomic E-state index is 13.9. The summed E-state index contributed by atoms with van der Waals surface area (Å²) >= 11 is 7.49. The van der Waals surface area contributed by atoms with E-state index in [9.17, 15) is 4.39 Å². The lowest BCUT2D eigenvalue weighted by Gasteiger charge is -2.15. The van der Waals surface area contributed by atoms with Gasteiger partial charge in [0.15, 0.2) is 0 Å². The van der Waals surface area contributed by atoms with Crippen LogP contribution in [-0.4, -0.2) is 0 Å². The number of nitrogens with one attached hydrogen (secondary N) is 1. The molecule has 0 amide bonds. The van der Waals surface area contributed by atoms with Crippen LogP contribution >= 0.6 is 22.9 Å². The van der Waals surface area contributed by atoms with E-state index in [1.807, 2.05) is 6.07 Å². The molecule has 0 aliphatic carbocycles. The third-order valence-corrected chi connectivity index (χ3v) is 4.67. The molecule has 1 aromatic carbocycles. The van der Waals surface area contributed by atoms with E-state index in [1.54, 1.807) is 29.5 Å². The first-order valence-electron chi connectivity index (χ1n) is 6.13. The van der Waals surface area contributed by atoms with Gasteiger partial charge in [-0.2, -0.15) is 0 Å². The SMILES string of the molecule is CCc1ccc(C(Cc2cccc(Cl)c2F)NN)s1. The molecular weight excluding hydrogens is 283 g/mol. The summed E-state index contributed by atoms with van der Waals surface area (Å²) in [4.78, 5) is 2.40. The molecule has 1 aromatic heterocycles. The van der Waals surface area contributed by atoms with E-state index < -0.39 is 0 Å². The normalized spacial score (nSPS) is 12.6. The van der Waals surface area contributed by atoms with Crippen LogP contribution in [0.1, 0.15) is 28.3 Å². The topological polar surface area (TPSA) is 38.0 Å². The van der Waals surface area contributed by atoms with Crippen molar-refractivity contribution >= 4 is 22.9 Å². The molecule has 3 N–H and O–H groups in total. The quantitative estimate of drug-likeness (QED) is 0.650. The zero-order chi connectivity index (χ0) is 13.8. The molecule has 1 unspecified atom stereocenters. The van der Waals surface area contributed by atoms with Gasteiger partial charge >= 0.3 is 0 Å². The fourth-order valence-electron chi connectivity index (χ4n) is 1.94. The van der Waals surface area contributed by atoms with E-state index in [2.05, 4.69) is 18.4 Å². The van der Waals surface area contributed by atoms with Gasteiger partial charge in [0.25, 0.3) is 0 Å². The van der Waals surface area contributed by atoms with Crippen LogP contribution in [0.5, 0.6) is 0 Å². The summed E-state index contributed by atoms with van der Waals surface area (Å²) in [5, 5.41) is 0.147.